The average molecular weight is 314 g/mol. The molecule has 0 aliphatic heterocycles. The predicted molar refractivity (Wildman–Crippen MR) is 77.0 cm³/mol. The van der Waals surface area contributed by atoms with Crippen LogP contribution in [0.1, 0.15) is 38.7 Å². The van der Waals surface area contributed by atoms with Crippen LogP contribution in [-0.4, -0.2) is 19.1 Å². The lowest BCUT2D eigenvalue weighted by atomic mass is 10.0. The predicted octanol–water partition coefficient (Wildman–Crippen LogP) is 3.48. The Hall–Kier alpha value is -1.03. The van der Waals surface area contributed by atoms with E-state index in [0.717, 1.165) is 22.2 Å². The van der Waals surface area contributed by atoms with Gasteiger partial charge in [-0.15, -0.1) is 0 Å². The average Bonchev–Trinajstić information content (AvgIpc) is 2.34. The van der Waals surface area contributed by atoms with Gasteiger partial charge in [0.2, 0.25) is 0 Å². The lowest BCUT2D eigenvalue weighted by molar-refractivity contribution is -0.123. The second-order valence-electron chi connectivity index (χ2n) is 4.48. The summed E-state index contributed by atoms with van der Waals surface area (Å²) in [6, 6.07) is 5.85. The minimum atomic E-state index is -0.0746. The summed E-state index contributed by atoms with van der Waals surface area (Å²) in [4.78, 5) is 11.5. The zero-order valence-electron chi connectivity index (χ0n) is 11.1. The molecule has 1 rings (SSSR count). The van der Waals surface area contributed by atoms with Crippen LogP contribution in [0.5, 0.6) is 5.75 Å². The van der Waals surface area contributed by atoms with Crippen molar-refractivity contribution >= 4 is 21.8 Å². The molecule has 1 amide bonds. The van der Waals surface area contributed by atoms with Crippen molar-refractivity contribution in [2.45, 2.75) is 33.1 Å². The minimum Gasteiger partial charge on any atom is -0.483 e. The van der Waals surface area contributed by atoms with Crippen molar-refractivity contribution in [1.82, 2.24) is 5.32 Å². The molecule has 0 saturated heterocycles. The Balaban J connectivity index is 2.64. The Kier molecular flexibility index (Phi) is 6.19. The van der Waals surface area contributed by atoms with Crippen molar-refractivity contribution in [1.29, 1.82) is 0 Å². The van der Waals surface area contributed by atoms with E-state index < -0.39 is 0 Å². The number of carbonyl (C=O) groups excluding carboxylic acids is 1. The van der Waals surface area contributed by atoms with Gasteiger partial charge in [0.1, 0.15) is 5.75 Å². The molecule has 1 aromatic carbocycles. The van der Waals surface area contributed by atoms with E-state index in [1.165, 1.54) is 0 Å². The van der Waals surface area contributed by atoms with Crippen molar-refractivity contribution in [3.8, 4) is 5.75 Å². The highest BCUT2D eigenvalue weighted by atomic mass is 79.9. The largest absolute Gasteiger partial charge is 0.483 e. The van der Waals surface area contributed by atoms with Crippen LogP contribution in [0.25, 0.3) is 0 Å². The van der Waals surface area contributed by atoms with Gasteiger partial charge in [-0.2, -0.15) is 0 Å². The van der Waals surface area contributed by atoms with Gasteiger partial charge in [-0.25, -0.2) is 0 Å². The number of halogens is 1. The van der Waals surface area contributed by atoms with Crippen molar-refractivity contribution in [3.63, 3.8) is 0 Å². The van der Waals surface area contributed by atoms with E-state index in [9.17, 15) is 4.79 Å². The molecule has 0 atom stereocenters. The van der Waals surface area contributed by atoms with Gasteiger partial charge in [-0.05, 0) is 36.1 Å². The summed E-state index contributed by atoms with van der Waals surface area (Å²) in [5.41, 5.74) is 1.10. The van der Waals surface area contributed by atoms with E-state index in [4.69, 9.17) is 4.74 Å². The first-order valence-corrected chi connectivity index (χ1v) is 7.02. The SMILES string of the molecule is CCCNC(=O)COc1ccc(Br)cc1C(C)C. The van der Waals surface area contributed by atoms with E-state index in [0.29, 0.717) is 12.5 Å². The van der Waals surface area contributed by atoms with Crippen molar-refractivity contribution in [3.05, 3.63) is 28.2 Å². The number of benzene rings is 1. The first kappa shape index (κ1) is 15.0. The molecule has 0 bridgehead atoms. The number of nitrogens with one attached hydrogen (secondary N) is 1. The third-order valence-corrected chi connectivity index (χ3v) is 3.02. The highest BCUT2D eigenvalue weighted by molar-refractivity contribution is 9.10. The first-order chi connectivity index (χ1) is 8.54. The molecule has 0 saturated carbocycles. The van der Waals surface area contributed by atoms with Crippen LogP contribution in [0.15, 0.2) is 22.7 Å². The van der Waals surface area contributed by atoms with Gasteiger partial charge in [0.05, 0.1) is 0 Å². The summed E-state index contributed by atoms with van der Waals surface area (Å²) < 4.78 is 6.60. The van der Waals surface area contributed by atoms with Gasteiger partial charge in [0.25, 0.3) is 5.91 Å². The van der Waals surface area contributed by atoms with Gasteiger partial charge in [0.15, 0.2) is 6.61 Å². The van der Waals surface area contributed by atoms with Gasteiger partial charge < -0.3 is 10.1 Å². The molecule has 0 aromatic heterocycles. The van der Waals surface area contributed by atoms with Crippen LogP contribution in [0, 0.1) is 0 Å². The minimum absolute atomic E-state index is 0.0708. The molecule has 100 valence electrons. The molecular formula is C14H20BrNO2. The van der Waals surface area contributed by atoms with Crippen molar-refractivity contribution in [2.75, 3.05) is 13.2 Å². The molecule has 0 heterocycles. The Labute approximate surface area is 117 Å². The molecule has 0 aliphatic carbocycles. The summed E-state index contributed by atoms with van der Waals surface area (Å²) in [5.74, 6) is 1.06. The van der Waals surface area contributed by atoms with E-state index in [1.54, 1.807) is 0 Å². The van der Waals surface area contributed by atoms with Crippen LogP contribution in [-0.2, 0) is 4.79 Å². The van der Waals surface area contributed by atoms with Crippen LogP contribution < -0.4 is 10.1 Å². The number of carbonyl (C=O) groups is 1. The van der Waals surface area contributed by atoms with Crippen LogP contribution in [0.2, 0.25) is 0 Å². The zero-order chi connectivity index (χ0) is 13.5. The maximum Gasteiger partial charge on any atom is 0.257 e. The fraction of sp³-hybridized carbons (Fsp3) is 0.500. The Morgan fingerprint density at radius 1 is 1.44 bits per heavy atom. The standard InChI is InChI=1S/C14H20BrNO2/c1-4-7-16-14(17)9-18-13-6-5-11(15)8-12(13)10(2)3/h5-6,8,10H,4,7,9H2,1-3H3,(H,16,17). The zero-order valence-corrected chi connectivity index (χ0v) is 12.7. The summed E-state index contributed by atoms with van der Waals surface area (Å²) in [6.07, 6.45) is 0.932. The Morgan fingerprint density at radius 3 is 2.78 bits per heavy atom. The smallest absolute Gasteiger partial charge is 0.257 e. The number of amides is 1. The van der Waals surface area contributed by atoms with Crippen molar-refractivity contribution in [2.24, 2.45) is 0 Å². The molecule has 0 radical (unpaired) electrons. The van der Waals surface area contributed by atoms with E-state index in [-0.39, 0.29) is 12.5 Å². The third kappa shape index (κ3) is 4.69. The van der Waals surface area contributed by atoms with E-state index >= 15 is 0 Å². The van der Waals surface area contributed by atoms with Crippen molar-refractivity contribution < 1.29 is 9.53 Å². The molecule has 0 aliphatic rings. The maximum absolute atomic E-state index is 11.5. The highest BCUT2D eigenvalue weighted by Crippen LogP contribution is 2.29. The molecule has 4 heteroatoms. The maximum atomic E-state index is 11.5. The Morgan fingerprint density at radius 2 is 2.17 bits per heavy atom. The molecule has 18 heavy (non-hydrogen) atoms. The second-order valence-corrected chi connectivity index (χ2v) is 5.39. The Bertz CT molecular complexity index is 405. The molecule has 0 spiro atoms. The van der Waals surface area contributed by atoms with Crippen LogP contribution >= 0.6 is 15.9 Å². The molecule has 1 aromatic rings. The van der Waals surface area contributed by atoms with Gasteiger partial charge in [-0.1, -0.05) is 36.7 Å². The van der Waals surface area contributed by atoms with Crippen LogP contribution in [0.3, 0.4) is 0 Å². The lowest BCUT2D eigenvalue weighted by Gasteiger charge is -2.14. The molecule has 1 N–H and O–H groups in total. The normalized spacial score (nSPS) is 10.5. The van der Waals surface area contributed by atoms with E-state index in [2.05, 4.69) is 35.1 Å². The fourth-order valence-corrected chi connectivity index (χ4v) is 1.94. The molecule has 0 fully saturated rings. The second kappa shape index (κ2) is 7.41. The van der Waals surface area contributed by atoms with Crippen LogP contribution in [0.4, 0.5) is 0 Å². The molecule has 3 nitrogen and oxygen atoms in total. The topological polar surface area (TPSA) is 38.3 Å². The van der Waals surface area contributed by atoms with Gasteiger partial charge >= 0.3 is 0 Å². The summed E-state index contributed by atoms with van der Waals surface area (Å²) in [6.45, 7) is 6.99. The number of hydrogen-bond donors (Lipinski definition) is 1. The summed E-state index contributed by atoms with van der Waals surface area (Å²) in [7, 11) is 0. The van der Waals surface area contributed by atoms with Gasteiger partial charge in [-0.3, -0.25) is 4.79 Å². The first-order valence-electron chi connectivity index (χ1n) is 6.23. The third-order valence-electron chi connectivity index (χ3n) is 2.52. The number of ether oxygens (including phenoxy) is 1. The number of rotatable bonds is 6. The van der Waals surface area contributed by atoms with E-state index in [1.807, 2.05) is 25.1 Å². The lowest BCUT2D eigenvalue weighted by Crippen LogP contribution is -2.29. The highest BCUT2D eigenvalue weighted by Gasteiger charge is 2.10. The molecular weight excluding hydrogens is 294 g/mol. The summed E-state index contributed by atoms with van der Waals surface area (Å²) in [5, 5.41) is 2.79. The number of hydrogen-bond acceptors (Lipinski definition) is 2. The monoisotopic (exact) mass is 313 g/mol. The van der Waals surface area contributed by atoms with Gasteiger partial charge in [0, 0.05) is 11.0 Å². The summed E-state index contributed by atoms with van der Waals surface area (Å²) >= 11 is 3.44. The fourth-order valence-electron chi connectivity index (χ4n) is 1.56. The quantitative estimate of drug-likeness (QED) is 0.873. The molecule has 0 unspecified atom stereocenters.